The van der Waals surface area contributed by atoms with Gasteiger partial charge in [-0.1, -0.05) is 52.9 Å². The minimum atomic E-state index is 0.184. The summed E-state index contributed by atoms with van der Waals surface area (Å²) in [6, 6.07) is 0.351. The Morgan fingerprint density at radius 3 is 1.10 bits per heavy atom. The van der Waals surface area contributed by atoms with Crippen molar-refractivity contribution >= 4 is 77.0 Å². The van der Waals surface area contributed by atoms with E-state index in [1.165, 1.54) is 19.3 Å². The number of aromatic nitrogens is 12. The van der Waals surface area contributed by atoms with Gasteiger partial charge in [0.2, 0.25) is 70.7 Å². The highest BCUT2D eigenvalue weighted by Crippen LogP contribution is 2.28. The molecule has 0 unspecified atom stereocenters. The van der Waals surface area contributed by atoms with E-state index in [2.05, 4.69) is 85.9 Å². The van der Waals surface area contributed by atoms with Crippen LogP contribution in [0.15, 0.2) is 0 Å². The summed E-state index contributed by atoms with van der Waals surface area (Å²) in [6.45, 7) is 19.2. The van der Waals surface area contributed by atoms with Gasteiger partial charge in [0, 0.05) is 124 Å². The third kappa shape index (κ3) is 10.8. The molecule has 1 aliphatic carbocycles. The third-order valence-electron chi connectivity index (χ3n) is 13.5. The van der Waals surface area contributed by atoms with E-state index >= 15 is 0 Å². The molecule has 24 heteroatoms. The van der Waals surface area contributed by atoms with Crippen LogP contribution in [-0.4, -0.2) is 184 Å². The minimum absolute atomic E-state index is 0.184. The first-order valence-electron chi connectivity index (χ1n) is 24.7. The Labute approximate surface area is 398 Å². The minimum Gasteiger partial charge on any atom is -0.354 e. The monoisotopic (exact) mass is 940 g/mol. The number of hydrogen-bond acceptors (Lipinski definition) is 23. The van der Waals surface area contributed by atoms with Gasteiger partial charge >= 0.3 is 0 Å². The average Bonchev–Trinajstić information content (AvgIpc) is 3.37. The zero-order valence-electron chi connectivity index (χ0n) is 39.4. The first-order valence-corrected chi connectivity index (χ1v) is 25.1. The molecule has 1 saturated carbocycles. The molecule has 360 valence electrons. The lowest BCUT2D eigenvalue weighted by Gasteiger charge is -2.38. The van der Waals surface area contributed by atoms with E-state index in [4.69, 9.17) is 61.4 Å². The van der Waals surface area contributed by atoms with Gasteiger partial charge in [-0.2, -0.15) is 59.8 Å². The largest absolute Gasteiger partial charge is 0.354 e. The van der Waals surface area contributed by atoms with Gasteiger partial charge in [0.05, 0.1) is 0 Å². The highest BCUT2D eigenvalue weighted by atomic mass is 35.5. The predicted octanol–water partition coefficient (Wildman–Crippen LogP) is 3.11. The number of halogens is 1. The Hall–Kier alpha value is -5.87. The molecule has 0 atom stereocenters. The number of nitrogens with zero attached hydrogens (tertiary/aromatic N) is 20. The van der Waals surface area contributed by atoms with Gasteiger partial charge in [0.25, 0.3) is 0 Å². The molecule has 16 rings (SSSR count). The van der Waals surface area contributed by atoms with Gasteiger partial charge in [-0.25, -0.2) is 0 Å². The normalized spacial score (nSPS) is 19.1. The molecular weight excluding hydrogens is 874 g/mol. The van der Waals surface area contributed by atoms with Gasteiger partial charge in [-0.05, 0) is 36.8 Å². The Balaban J connectivity index is 0.962. The van der Waals surface area contributed by atoms with Crippen LogP contribution in [0.1, 0.15) is 72.1 Å². The van der Waals surface area contributed by atoms with Crippen molar-refractivity contribution in [2.45, 2.75) is 78.2 Å². The maximum atomic E-state index is 6.64. The van der Waals surface area contributed by atoms with Crippen molar-refractivity contribution in [2.75, 3.05) is 173 Å². The lowest BCUT2D eigenvalue weighted by atomic mass is 9.96. The van der Waals surface area contributed by atoms with Crippen molar-refractivity contribution in [3.05, 3.63) is 5.28 Å². The molecule has 0 spiro atoms. The molecule has 0 radical (unpaired) electrons. The second kappa shape index (κ2) is 20.6. The van der Waals surface area contributed by atoms with Gasteiger partial charge in [0.1, 0.15) is 0 Å². The molecule has 0 aromatic carbocycles. The van der Waals surface area contributed by atoms with Crippen LogP contribution < -0.4 is 55.1 Å². The van der Waals surface area contributed by atoms with Crippen LogP contribution in [0.3, 0.4) is 0 Å². The summed E-state index contributed by atoms with van der Waals surface area (Å²) >= 11 is 6.64. The highest BCUT2D eigenvalue weighted by molar-refractivity contribution is 6.28. The summed E-state index contributed by atoms with van der Waals surface area (Å²) in [5.74, 6) is 7.46. The lowest BCUT2D eigenvalue weighted by molar-refractivity contribution is 0.460. The van der Waals surface area contributed by atoms with Crippen molar-refractivity contribution in [2.24, 2.45) is 5.92 Å². The van der Waals surface area contributed by atoms with Gasteiger partial charge in [0.15, 0.2) is 0 Å². The predicted molar refractivity (Wildman–Crippen MR) is 264 cm³/mol. The molecule has 4 aromatic heterocycles. The van der Waals surface area contributed by atoms with Crippen LogP contribution in [0.2, 0.25) is 5.28 Å². The van der Waals surface area contributed by atoms with Gasteiger partial charge < -0.3 is 55.1 Å². The second-order valence-electron chi connectivity index (χ2n) is 18.8. The summed E-state index contributed by atoms with van der Waals surface area (Å²) in [6.07, 6.45) is 9.28. The number of nitrogens with one attached hydrogen (secondary N) is 3. The standard InChI is InChI=1S/C43H66ClN23/c1-4-5-9-12-45-33-50-38-57-39(51-33)63-21-23-64(24-22-63)40-52-34(46-29-30(2)3)53-41(58-40)65-25-27-67(28-26-65)43-55-35(47-31-10-7-6-8-11-31)54-42(59-43)66-19-15-61(16-20-66)37-49-32(44)48-36(56-37)60-13-17-62(38)18-14-60/h30-31H,4-29H2,1-3H3,(H,45,50,51,57)(H,46,52,53,58)(H,47,54,55,59). The molecule has 3 N–H and O–H groups in total. The summed E-state index contributed by atoms with van der Waals surface area (Å²) in [7, 11) is 0. The second-order valence-corrected chi connectivity index (χ2v) is 19.1. The number of unbranched alkanes of at least 4 members (excludes halogenated alkanes) is 2. The van der Waals surface area contributed by atoms with Crippen molar-refractivity contribution < 1.29 is 0 Å². The third-order valence-corrected chi connectivity index (χ3v) is 13.6. The fourth-order valence-electron chi connectivity index (χ4n) is 9.47. The Bertz CT molecular complexity index is 2270. The molecule has 15 heterocycles. The quantitative estimate of drug-likeness (QED) is 0.195. The van der Waals surface area contributed by atoms with Crippen LogP contribution in [-0.2, 0) is 0 Å². The van der Waals surface area contributed by atoms with Crippen LogP contribution in [0.4, 0.5) is 65.4 Å². The summed E-state index contributed by atoms with van der Waals surface area (Å²) in [5, 5.41) is 10.9. The van der Waals surface area contributed by atoms with E-state index in [1.807, 2.05) is 0 Å². The van der Waals surface area contributed by atoms with Crippen LogP contribution >= 0.6 is 11.6 Å². The molecule has 11 aliphatic heterocycles. The van der Waals surface area contributed by atoms with Crippen LogP contribution in [0.25, 0.3) is 0 Å². The first-order chi connectivity index (χ1) is 32.8. The van der Waals surface area contributed by atoms with Crippen molar-refractivity contribution in [3.63, 3.8) is 0 Å². The molecule has 4 aromatic rings. The van der Waals surface area contributed by atoms with Gasteiger partial charge in [-0.3, -0.25) is 0 Å². The van der Waals surface area contributed by atoms with E-state index in [1.54, 1.807) is 0 Å². The maximum Gasteiger partial charge on any atom is 0.232 e. The van der Waals surface area contributed by atoms with E-state index in [9.17, 15) is 0 Å². The van der Waals surface area contributed by atoms with E-state index in [0.29, 0.717) is 182 Å². The Morgan fingerprint density at radius 1 is 0.433 bits per heavy atom. The summed E-state index contributed by atoms with van der Waals surface area (Å²) in [5.41, 5.74) is 0. The highest BCUT2D eigenvalue weighted by Gasteiger charge is 2.31. The van der Waals surface area contributed by atoms with Crippen molar-refractivity contribution in [1.82, 2.24) is 59.8 Å². The summed E-state index contributed by atoms with van der Waals surface area (Å²) in [4.78, 5) is 77.5. The number of rotatable bonds is 10. The first kappa shape index (κ1) is 44.9. The molecular formula is C43H66ClN23. The van der Waals surface area contributed by atoms with E-state index < -0.39 is 0 Å². The topological polar surface area (TPSA) is 217 Å². The molecule has 12 aliphatic rings. The average molecular weight is 941 g/mol. The lowest BCUT2D eigenvalue weighted by Crippen LogP contribution is -2.50. The fraction of sp³-hybridized carbons (Fsp3) is 0.721. The SMILES string of the molecule is CCCCCNc1nc2nc(n1)N1CCN(CC1)c1nc(NCC(C)C)nc(n1)N1CCN(CC1)c1nc(NC3CCCCC3)nc(n1)N1CCN(CC1)c1nc(Cl)nc(n1)N1CCN2CC1. The maximum absolute atomic E-state index is 6.64. The van der Waals surface area contributed by atoms with Crippen LogP contribution in [0.5, 0.6) is 0 Å². The molecule has 23 nitrogen and oxygen atoms in total. The molecule has 67 heavy (non-hydrogen) atoms. The number of hydrogen-bond donors (Lipinski definition) is 3. The molecule has 0 amide bonds. The smallest absolute Gasteiger partial charge is 0.232 e. The number of piperazine rings is 4. The Kier molecular flexibility index (Phi) is 13.8. The van der Waals surface area contributed by atoms with Crippen molar-refractivity contribution in [3.8, 4) is 0 Å². The van der Waals surface area contributed by atoms with Crippen LogP contribution in [0, 0.1) is 5.92 Å². The zero-order chi connectivity index (χ0) is 45.7. The molecule has 4 saturated heterocycles. The summed E-state index contributed by atoms with van der Waals surface area (Å²) < 4.78 is 0. The van der Waals surface area contributed by atoms with E-state index in [-0.39, 0.29) is 5.28 Å². The Morgan fingerprint density at radius 2 is 0.761 bits per heavy atom. The molecule has 16 bridgehead atoms. The van der Waals surface area contributed by atoms with Crippen molar-refractivity contribution in [1.29, 1.82) is 0 Å². The van der Waals surface area contributed by atoms with E-state index in [0.717, 1.165) is 45.2 Å². The molecule has 5 fully saturated rings. The fourth-order valence-corrected chi connectivity index (χ4v) is 9.62. The number of anilines is 11. The zero-order valence-corrected chi connectivity index (χ0v) is 40.1. The van der Waals surface area contributed by atoms with Gasteiger partial charge in [-0.15, -0.1) is 0 Å².